The molecule has 1 fully saturated rings. The Morgan fingerprint density at radius 2 is 2.15 bits per heavy atom. The largest absolute Gasteiger partial charge is 0.351 e. The molecule has 0 spiro atoms. The molecule has 1 aliphatic heterocycles. The highest BCUT2D eigenvalue weighted by Crippen LogP contribution is 2.27. The molecule has 0 saturated carbocycles. The highest BCUT2D eigenvalue weighted by Gasteiger charge is 2.30. The fraction of sp³-hybridized carbons (Fsp3) is 0.474. The van der Waals surface area contributed by atoms with E-state index in [2.05, 4.69) is 15.2 Å². The summed E-state index contributed by atoms with van der Waals surface area (Å²) in [4.78, 5) is 31.6. The van der Waals surface area contributed by atoms with Crippen LogP contribution in [0.2, 0.25) is 5.02 Å². The van der Waals surface area contributed by atoms with E-state index >= 15 is 0 Å². The predicted molar refractivity (Wildman–Crippen MR) is 104 cm³/mol. The molecule has 0 aliphatic carbocycles. The maximum absolute atomic E-state index is 12.5. The van der Waals surface area contributed by atoms with Gasteiger partial charge >= 0.3 is 0 Å². The molecule has 2 heterocycles. The molecular weight excluding hydrogens is 352 g/mol. The van der Waals surface area contributed by atoms with E-state index in [1.54, 1.807) is 0 Å². The molecule has 1 saturated heterocycles. The molecule has 1 aromatic carbocycles. The van der Waals surface area contributed by atoms with Crippen LogP contribution in [-0.2, 0) is 4.79 Å². The summed E-state index contributed by atoms with van der Waals surface area (Å²) in [7, 11) is 4.00. The minimum atomic E-state index is -0.213. The second-order valence-electron chi connectivity index (χ2n) is 6.99. The maximum Gasteiger partial charge on any atom is 0.269 e. The van der Waals surface area contributed by atoms with Crippen LogP contribution in [0.3, 0.4) is 0 Å². The number of nitrogens with zero attached hydrogens (tertiary/aromatic N) is 2. The molecule has 2 amide bonds. The van der Waals surface area contributed by atoms with E-state index in [1.165, 1.54) is 0 Å². The van der Waals surface area contributed by atoms with Crippen LogP contribution in [0.5, 0.6) is 0 Å². The molecule has 26 heavy (non-hydrogen) atoms. The van der Waals surface area contributed by atoms with Crippen LogP contribution >= 0.6 is 11.6 Å². The van der Waals surface area contributed by atoms with E-state index in [0.29, 0.717) is 23.7 Å². The Bertz CT molecular complexity index is 802. The smallest absolute Gasteiger partial charge is 0.269 e. The molecule has 7 heteroatoms. The lowest BCUT2D eigenvalue weighted by Gasteiger charge is -2.26. The molecule has 1 atom stereocenters. The topological polar surface area (TPSA) is 68.4 Å². The summed E-state index contributed by atoms with van der Waals surface area (Å²) < 4.78 is 0. The summed E-state index contributed by atoms with van der Waals surface area (Å²) in [6.07, 6.45) is 2.21. The third-order valence-electron chi connectivity index (χ3n) is 4.87. The summed E-state index contributed by atoms with van der Waals surface area (Å²) >= 11 is 6.32. The number of likely N-dealkylation sites (N-methyl/N-ethyl adjacent to an activating group) is 1. The normalized spacial score (nSPS) is 17.5. The molecule has 3 rings (SSSR count). The van der Waals surface area contributed by atoms with Gasteiger partial charge < -0.3 is 20.1 Å². The highest BCUT2D eigenvalue weighted by atomic mass is 35.5. The Labute approximate surface area is 158 Å². The monoisotopic (exact) mass is 376 g/mol. The minimum Gasteiger partial charge on any atom is -0.351 e. The van der Waals surface area contributed by atoms with Gasteiger partial charge in [-0.3, -0.25) is 9.59 Å². The number of hydrogen-bond acceptors (Lipinski definition) is 3. The zero-order valence-corrected chi connectivity index (χ0v) is 16.0. The molecule has 0 radical (unpaired) electrons. The van der Waals surface area contributed by atoms with Crippen molar-refractivity contribution in [3.05, 3.63) is 35.0 Å². The van der Waals surface area contributed by atoms with Crippen molar-refractivity contribution in [2.24, 2.45) is 0 Å². The third-order valence-corrected chi connectivity index (χ3v) is 5.27. The number of fused-ring (bicyclic) bond motifs is 1. The SMILES string of the molecule is CN(C)CCN1C(=O)CCC1CCNC(=O)c1[nH]c2ccccc2c1Cl. The Morgan fingerprint density at radius 3 is 2.88 bits per heavy atom. The maximum atomic E-state index is 12.5. The van der Waals surface area contributed by atoms with Crippen molar-refractivity contribution in [1.82, 2.24) is 20.1 Å². The zero-order chi connectivity index (χ0) is 18.7. The molecule has 1 aliphatic rings. The lowest BCUT2D eigenvalue weighted by Crippen LogP contribution is -2.40. The van der Waals surface area contributed by atoms with Gasteiger partial charge in [0.1, 0.15) is 5.69 Å². The number of H-pyrrole nitrogens is 1. The average Bonchev–Trinajstić information content (AvgIpc) is 3.14. The molecule has 2 aromatic rings. The quantitative estimate of drug-likeness (QED) is 0.780. The zero-order valence-electron chi connectivity index (χ0n) is 15.2. The van der Waals surface area contributed by atoms with Gasteiger partial charge in [-0.1, -0.05) is 29.8 Å². The number of carbonyl (C=O) groups is 2. The molecule has 6 nitrogen and oxygen atoms in total. The lowest BCUT2D eigenvalue weighted by molar-refractivity contribution is -0.129. The van der Waals surface area contributed by atoms with Crippen molar-refractivity contribution in [2.45, 2.75) is 25.3 Å². The first-order valence-corrected chi connectivity index (χ1v) is 9.33. The molecular formula is C19H25ClN4O2. The number of aromatic nitrogens is 1. The third kappa shape index (κ3) is 4.02. The van der Waals surface area contributed by atoms with Gasteiger partial charge in [0, 0.05) is 43.0 Å². The van der Waals surface area contributed by atoms with Crippen molar-refractivity contribution in [1.29, 1.82) is 0 Å². The number of likely N-dealkylation sites (tertiary alicyclic amines) is 1. The number of rotatable bonds is 7. The van der Waals surface area contributed by atoms with Crippen LogP contribution in [0.15, 0.2) is 24.3 Å². The summed E-state index contributed by atoms with van der Waals surface area (Å²) in [6, 6.07) is 7.77. The number of hydrogen-bond donors (Lipinski definition) is 2. The van der Waals surface area contributed by atoms with Crippen LogP contribution in [0, 0.1) is 0 Å². The van der Waals surface area contributed by atoms with Crippen LogP contribution in [0.1, 0.15) is 29.8 Å². The van der Waals surface area contributed by atoms with Crippen molar-refractivity contribution in [2.75, 3.05) is 33.7 Å². The van der Waals surface area contributed by atoms with Crippen molar-refractivity contribution >= 4 is 34.3 Å². The second-order valence-corrected chi connectivity index (χ2v) is 7.37. The molecule has 140 valence electrons. The number of benzene rings is 1. The highest BCUT2D eigenvalue weighted by molar-refractivity contribution is 6.38. The molecule has 1 aromatic heterocycles. The standard InChI is InChI=1S/C19H25ClN4O2/c1-23(2)11-12-24-13(7-8-16(24)25)9-10-21-19(26)18-17(20)14-5-3-4-6-15(14)22-18/h3-6,13,22H,7-12H2,1-2H3,(H,21,26). The fourth-order valence-corrected chi connectivity index (χ4v) is 3.71. The van der Waals surface area contributed by atoms with Crippen LogP contribution in [0.4, 0.5) is 0 Å². The van der Waals surface area contributed by atoms with E-state index in [-0.39, 0.29) is 17.9 Å². The molecule has 0 bridgehead atoms. The first kappa shape index (κ1) is 18.7. The lowest BCUT2D eigenvalue weighted by atomic mass is 10.1. The average molecular weight is 377 g/mol. The Kier molecular flexibility index (Phi) is 5.84. The number of nitrogens with one attached hydrogen (secondary N) is 2. The van der Waals surface area contributed by atoms with Gasteiger partial charge in [-0.15, -0.1) is 0 Å². The van der Waals surface area contributed by atoms with Crippen molar-refractivity contribution < 1.29 is 9.59 Å². The van der Waals surface area contributed by atoms with Gasteiger partial charge in [-0.2, -0.15) is 0 Å². The van der Waals surface area contributed by atoms with E-state index in [1.807, 2.05) is 43.3 Å². The number of halogens is 1. The summed E-state index contributed by atoms with van der Waals surface area (Å²) in [5, 5.41) is 4.21. The van der Waals surface area contributed by atoms with Gasteiger partial charge in [0.15, 0.2) is 0 Å². The second kappa shape index (κ2) is 8.10. The first-order valence-electron chi connectivity index (χ1n) is 8.96. The van der Waals surface area contributed by atoms with E-state index in [4.69, 9.17) is 11.6 Å². The Balaban J connectivity index is 1.56. The van der Waals surface area contributed by atoms with Crippen LogP contribution < -0.4 is 5.32 Å². The fourth-order valence-electron chi connectivity index (χ4n) is 3.41. The van der Waals surface area contributed by atoms with E-state index < -0.39 is 0 Å². The van der Waals surface area contributed by atoms with Crippen molar-refractivity contribution in [3.8, 4) is 0 Å². The van der Waals surface area contributed by atoms with E-state index in [9.17, 15) is 9.59 Å². The molecule has 1 unspecified atom stereocenters. The van der Waals surface area contributed by atoms with Gasteiger partial charge in [0.25, 0.3) is 5.91 Å². The summed E-state index contributed by atoms with van der Waals surface area (Å²) in [5.74, 6) is -0.00259. The summed E-state index contributed by atoms with van der Waals surface area (Å²) in [6.45, 7) is 2.10. The first-order chi connectivity index (χ1) is 12.5. The van der Waals surface area contributed by atoms with E-state index in [0.717, 1.165) is 36.8 Å². The number of para-hydroxylation sites is 1. The predicted octanol–water partition coefficient (Wildman–Crippen LogP) is 2.49. The summed E-state index contributed by atoms with van der Waals surface area (Å²) in [5.41, 5.74) is 1.23. The van der Waals surface area contributed by atoms with Crippen LogP contribution in [0.25, 0.3) is 10.9 Å². The molecule has 2 N–H and O–H groups in total. The Hall–Kier alpha value is -2.05. The van der Waals surface area contributed by atoms with Crippen LogP contribution in [-0.4, -0.2) is 66.4 Å². The van der Waals surface area contributed by atoms with Gasteiger partial charge in [0.2, 0.25) is 5.91 Å². The Morgan fingerprint density at radius 1 is 1.38 bits per heavy atom. The van der Waals surface area contributed by atoms with Gasteiger partial charge in [0.05, 0.1) is 5.02 Å². The van der Waals surface area contributed by atoms with Crippen molar-refractivity contribution in [3.63, 3.8) is 0 Å². The van der Waals surface area contributed by atoms with Gasteiger partial charge in [-0.25, -0.2) is 0 Å². The number of amides is 2. The van der Waals surface area contributed by atoms with Gasteiger partial charge in [-0.05, 0) is 33.0 Å². The number of aromatic amines is 1. The number of carbonyl (C=O) groups excluding carboxylic acids is 2. The minimum absolute atomic E-state index is 0.195.